The maximum absolute atomic E-state index is 15.0. The molecule has 2 aromatic carbocycles. The van der Waals surface area contributed by atoms with E-state index in [4.69, 9.17) is 11.6 Å². The molecule has 0 aliphatic carbocycles. The van der Waals surface area contributed by atoms with Crippen LogP contribution in [0.2, 0.25) is 5.02 Å². The number of rotatable bonds is 4. The van der Waals surface area contributed by atoms with Crippen molar-refractivity contribution in [3.8, 4) is 11.1 Å². The number of hydrogen-bond acceptors (Lipinski definition) is 4. The van der Waals surface area contributed by atoms with Crippen molar-refractivity contribution in [1.29, 1.82) is 0 Å². The number of nitrogens with one attached hydrogen (secondary N) is 2. The summed E-state index contributed by atoms with van der Waals surface area (Å²) < 4.78 is 15.0. The fraction of sp³-hybridized carbons (Fsp3) is 0.226. The van der Waals surface area contributed by atoms with Gasteiger partial charge in [0.25, 0.3) is 0 Å². The monoisotopic (exact) mass is 510 g/mol. The van der Waals surface area contributed by atoms with Crippen molar-refractivity contribution < 1.29 is 4.39 Å². The van der Waals surface area contributed by atoms with Gasteiger partial charge in [-0.05, 0) is 97.9 Å². The van der Waals surface area contributed by atoms with E-state index in [0.29, 0.717) is 22.3 Å². The second-order valence-corrected chi connectivity index (χ2v) is 10.5. The molecule has 4 heterocycles. The summed E-state index contributed by atoms with van der Waals surface area (Å²) >= 11 is 6.26. The molecule has 37 heavy (non-hydrogen) atoms. The fourth-order valence-corrected chi connectivity index (χ4v) is 5.69. The largest absolute Gasteiger partial charge is 0.357 e. The Morgan fingerprint density at radius 3 is 2.65 bits per heavy atom. The fourth-order valence-electron chi connectivity index (χ4n) is 5.52. The Hall–Kier alpha value is -3.54. The summed E-state index contributed by atoms with van der Waals surface area (Å²) in [7, 11) is 0. The molecule has 0 spiro atoms. The number of halogens is 2. The normalized spacial score (nSPS) is 19.6. The number of pyridine rings is 2. The first-order valence-electron chi connectivity index (χ1n) is 12.7. The average molecular weight is 511 g/mol. The first kappa shape index (κ1) is 23.8. The third kappa shape index (κ3) is 4.65. The van der Waals surface area contributed by atoms with Gasteiger partial charge in [-0.3, -0.25) is 4.98 Å². The van der Waals surface area contributed by atoms with E-state index >= 15 is 4.39 Å². The van der Waals surface area contributed by atoms with Gasteiger partial charge in [0.1, 0.15) is 11.6 Å². The van der Waals surface area contributed by atoms with Gasteiger partial charge in [0.15, 0.2) is 0 Å². The molecule has 0 radical (unpaired) electrons. The lowest BCUT2D eigenvalue weighted by Gasteiger charge is -2.35. The van der Waals surface area contributed by atoms with Crippen LogP contribution in [0.25, 0.3) is 16.7 Å². The minimum Gasteiger partial charge on any atom is -0.357 e. The second kappa shape index (κ2) is 9.73. The van der Waals surface area contributed by atoms with E-state index < -0.39 is 5.54 Å². The summed E-state index contributed by atoms with van der Waals surface area (Å²) in [4.78, 5) is 9.20. The number of hydrogen-bond donors (Lipinski definition) is 2. The number of nitrogens with zero attached hydrogens (tertiary/aromatic N) is 2. The third-order valence-corrected chi connectivity index (χ3v) is 7.71. The summed E-state index contributed by atoms with van der Waals surface area (Å²) in [5, 5.41) is 7.37. The van der Waals surface area contributed by atoms with Gasteiger partial charge in [0.05, 0.1) is 5.54 Å². The van der Waals surface area contributed by atoms with Crippen LogP contribution in [0.5, 0.6) is 0 Å². The molecule has 6 rings (SSSR count). The molecule has 6 heteroatoms. The molecule has 4 aromatic rings. The Balaban J connectivity index is 1.44. The minimum absolute atomic E-state index is 0.323. The smallest absolute Gasteiger partial charge is 0.134 e. The Morgan fingerprint density at radius 1 is 0.946 bits per heavy atom. The molecule has 0 amide bonds. The van der Waals surface area contributed by atoms with E-state index in [1.165, 1.54) is 11.6 Å². The molecule has 1 unspecified atom stereocenters. The number of anilines is 1. The van der Waals surface area contributed by atoms with Crippen LogP contribution in [0.1, 0.15) is 47.9 Å². The van der Waals surface area contributed by atoms with Gasteiger partial charge in [-0.25, -0.2) is 9.37 Å². The predicted octanol–water partition coefficient (Wildman–Crippen LogP) is 7.18. The highest BCUT2D eigenvalue weighted by Gasteiger charge is 2.34. The van der Waals surface area contributed by atoms with E-state index in [0.717, 1.165) is 53.8 Å². The zero-order valence-electron chi connectivity index (χ0n) is 20.6. The van der Waals surface area contributed by atoms with Gasteiger partial charge in [-0.15, -0.1) is 0 Å². The van der Waals surface area contributed by atoms with Crippen molar-refractivity contribution in [2.75, 3.05) is 18.4 Å². The number of benzene rings is 2. The van der Waals surface area contributed by atoms with Crippen molar-refractivity contribution in [2.45, 2.75) is 31.2 Å². The molecular weight excluding hydrogens is 483 g/mol. The molecular formula is C31H28ClFN4. The minimum atomic E-state index is -0.851. The maximum atomic E-state index is 15.0. The van der Waals surface area contributed by atoms with E-state index in [-0.39, 0.29) is 5.82 Å². The molecule has 2 N–H and O–H groups in total. The van der Waals surface area contributed by atoms with E-state index in [1.807, 2.05) is 31.5 Å². The van der Waals surface area contributed by atoms with Crippen LogP contribution in [0.15, 0.2) is 85.3 Å². The molecule has 1 saturated heterocycles. The third-order valence-electron chi connectivity index (χ3n) is 7.48. The van der Waals surface area contributed by atoms with Gasteiger partial charge >= 0.3 is 0 Å². The molecule has 2 aromatic heterocycles. The van der Waals surface area contributed by atoms with Crippen LogP contribution in [-0.2, 0) is 5.54 Å². The summed E-state index contributed by atoms with van der Waals surface area (Å²) in [6, 6.07) is 19.6. The Morgan fingerprint density at radius 2 is 1.78 bits per heavy atom. The summed E-state index contributed by atoms with van der Waals surface area (Å²) in [5.41, 5.74) is 6.04. The highest BCUT2D eigenvalue weighted by molar-refractivity contribution is 6.30. The quantitative estimate of drug-likeness (QED) is 0.305. The highest BCUT2D eigenvalue weighted by Crippen LogP contribution is 2.42. The first-order valence-corrected chi connectivity index (χ1v) is 13.1. The Labute approximate surface area is 221 Å². The highest BCUT2D eigenvalue weighted by atomic mass is 35.5. The van der Waals surface area contributed by atoms with Crippen LogP contribution in [0, 0.1) is 5.82 Å². The van der Waals surface area contributed by atoms with E-state index in [2.05, 4.69) is 57.0 Å². The molecule has 0 saturated carbocycles. The molecule has 1 atom stereocenters. The average Bonchev–Trinajstić information content (AvgIpc) is 2.94. The van der Waals surface area contributed by atoms with E-state index in [9.17, 15) is 0 Å². The van der Waals surface area contributed by atoms with Gasteiger partial charge in [-0.1, -0.05) is 35.9 Å². The van der Waals surface area contributed by atoms with Crippen LogP contribution in [0.3, 0.4) is 0 Å². The molecule has 2 aliphatic heterocycles. The molecule has 186 valence electrons. The van der Waals surface area contributed by atoms with Crippen LogP contribution in [0.4, 0.5) is 10.2 Å². The van der Waals surface area contributed by atoms with Crippen LogP contribution >= 0.6 is 11.6 Å². The maximum Gasteiger partial charge on any atom is 0.134 e. The van der Waals surface area contributed by atoms with Crippen molar-refractivity contribution in [1.82, 2.24) is 15.3 Å². The van der Waals surface area contributed by atoms with E-state index in [1.54, 1.807) is 18.3 Å². The summed E-state index contributed by atoms with van der Waals surface area (Å²) in [5.74, 6) is 0.951. The van der Waals surface area contributed by atoms with Gasteiger partial charge in [0, 0.05) is 45.9 Å². The Kier molecular flexibility index (Phi) is 6.27. The number of piperidine rings is 1. The lowest BCUT2D eigenvalue weighted by atomic mass is 9.82. The standard InChI is InChI=1S/C31H28ClFN4/c1-31(28-16-25(32)7-8-29(28)33)17-27(26-6-3-11-36-30(26)37-31)24-15-23(18-35-19-24)22-5-2-4-21(14-22)20-9-12-34-13-10-20/h2-8,11,14-20,34H,9-10,12-13H2,1H3,(H,36,37). The van der Waals surface area contributed by atoms with Crippen LogP contribution in [-0.4, -0.2) is 23.1 Å². The SMILES string of the molecule is CC1(c2cc(Cl)ccc2F)C=C(c2cncc(-c3cccc(C4CCNCC4)c3)c2)c2cccnc2N1. The van der Waals surface area contributed by atoms with Crippen molar-refractivity contribution in [2.24, 2.45) is 0 Å². The van der Waals surface area contributed by atoms with Gasteiger partial charge in [-0.2, -0.15) is 0 Å². The van der Waals surface area contributed by atoms with Gasteiger partial charge < -0.3 is 10.6 Å². The second-order valence-electron chi connectivity index (χ2n) is 10.0. The number of aromatic nitrogens is 2. The molecule has 1 fully saturated rings. The lowest BCUT2D eigenvalue weighted by molar-refractivity contribution is 0.460. The van der Waals surface area contributed by atoms with Crippen molar-refractivity contribution in [3.63, 3.8) is 0 Å². The summed E-state index contributed by atoms with van der Waals surface area (Å²) in [6.45, 7) is 4.07. The zero-order chi connectivity index (χ0) is 25.4. The van der Waals surface area contributed by atoms with Gasteiger partial charge in [0.2, 0.25) is 0 Å². The molecule has 2 aliphatic rings. The molecule has 0 bridgehead atoms. The molecule has 4 nitrogen and oxygen atoms in total. The van der Waals surface area contributed by atoms with Crippen molar-refractivity contribution in [3.05, 3.63) is 118 Å². The number of fused-ring (bicyclic) bond motifs is 1. The lowest BCUT2D eigenvalue weighted by Crippen LogP contribution is -2.34. The summed E-state index contributed by atoms with van der Waals surface area (Å²) in [6.07, 6.45) is 9.88. The van der Waals surface area contributed by atoms with Crippen LogP contribution < -0.4 is 10.6 Å². The topological polar surface area (TPSA) is 49.8 Å². The predicted molar refractivity (Wildman–Crippen MR) is 148 cm³/mol. The first-order chi connectivity index (χ1) is 18.0. The Bertz CT molecular complexity index is 1490. The van der Waals surface area contributed by atoms with Crippen molar-refractivity contribution >= 4 is 23.0 Å². The zero-order valence-corrected chi connectivity index (χ0v) is 21.4.